The summed E-state index contributed by atoms with van der Waals surface area (Å²) in [6.07, 6.45) is 5.06. The van der Waals surface area contributed by atoms with Crippen LogP contribution in [0.3, 0.4) is 0 Å². The summed E-state index contributed by atoms with van der Waals surface area (Å²) in [6, 6.07) is 9.23. The molecule has 0 atom stereocenters. The van der Waals surface area contributed by atoms with E-state index >= 15 is 0 Å². The Hall–Kier alpha value is -2.14. The van der Waals surface area contributed by atoms with Crippen molar-refractivity contribution < 1.29 is 4.74 Å². The smallest absolute Gasteiger partial charge is 0.146 e. The molecule has 0 saturated carbocycles. The average Bonchev–Trinajstić information content (AvgIpc) is 2.38. The topological polar surface area (TPSA) is 61.0 Å². The molecule has 3 rings (SSSR count). The van der Waals surface area contributed by atoms with Crippen LogP contribution in [-0.2, 0) is 0 Å². The molecule has 0 spiro atoms. The van der Waals surface area contributed by atoms with Crippen LogP contribution in [0.5, 0.6) is 11.5 Å². The van der Waals surface area contributed by atoms with Crippen LogP contribution in [0.15, 0.2) is 53.4 Å². The van der Waals surface area contributed by atoms with E-state index in [1.807, 2.05) is 30.3 Å². The first-order chi connectivity index (χ1) is 9.22. The minimum Gasteiger partial charge on any atom is -0.455 e. The van der Waals surface area contributed by atoms with Gasteiger partial charge in [0.15, 0.2) is 0 Å². The van der Waals surface area contributed by atoms with Crippen LogP contribution in [0.4, 0.5) is 5.69 Å². The van der Waals surface area contributed by atoms with Gasteiger partial charge in [-0.05, 0) is 46.3 Å². The van der Waals surface area contributed by atoms with Gasteiger partial charge in [0.1, 0.15) is 11.5 Å². The van der Waals surface area contributed by atoms with Crippen LogP contribution in [0, 0.1) is 0 Å². The van der Waals surface area contributed by atoms with E-state index in [0.717, 1.165) is 21.1 Å². The van der Waals surface area contributed by atoms with Crippen LogP contribution in [0.2, 0.25) is 0 Å². The number of anilines is 1. The van der Waals surface area contributed by atoms with E-state index in [1.54, 1.807) is 18.6 Å². The number of nitrogens with two attached hydrogens (primary N) is 1. The largest absolute Gasteiger partial charge is 0.455 e. The Bertz CT molecular complexity index is 746. The van der Waals surface area contributed by atoms with E-state index < -0.39 is 0 Å². The SMILES string of the molecule is Nc1ccc2c(Oc3cncc(Br)c3)ccnc2c1. The number of halogens is 1. The van der Waals surface area contributed by atoms with Crippen molar-refractivity contribution in [3.8, 4) is 11.5 Å². The summed E-state index contributed by atoms with van der Waals surface area (Å²) in [5.41, 5.74) is 7.24. The lowest BCUT2D eigenvalue weighted by molar-refractivity contribution is 0.485. The number of nitrogen functional groups attached to an aromatic ring is 1. The molecule has 19 heavy (non-hydrogen) atoms. The van der Waals surface area contributed by atoms with Gasteiger partial charge in [0.2, 0.25) is 0 Å². The Morgan fingerprint density at radius 1 is 1.11 bits per heavy atom. The molecule has 0 fully saturated rings. The lowest BCUT2D eigenvalue weighted by atomic mass is 10.2. The number of benzene rings is 1. The molecule has 4 nitrogen and oxygen atoms in total. The highest BCUT2D eigenvalue weighted by molar-refractivity contribution is 9.10. The van der Waals surface area contributed by atoms with Gasteiger partial charge in [-0.3, -0.25) is 9.97 Å². The molecule has 94 valence electrons. The fourth-order valence-electron chi connectivity index (χ4n) is 1.80. The van der Waals surface area contributed by atoms with E-state index in [9.17, 15) is 0 Å². The highest BCUT2D eigenvalue weighted by Crippen LogP contribution is 2.30. The fourth-order valence-corrected chi connectivity index (χ4v) is 2.15. The monoisotopic (exact) mass is 315 g/mol. The van der Waals surface area contributed by atoms with Gasteiger partial charge in [-0.2, -0.15) is 0 Å². The van der Waals surface area contributed by atoms with Gasteiger partial charge < -0.3 is 10.5 Å². The number of nitrogens with zero attached hydrogens (tertiary/aromatic N) is 2. The van der Waals surface area contributed by atoms with E-state index in [1.165, 1.54) is 0 Å². The molecule has 1 aromatic carbocycles. The molecule has 5 heteroatoms. The van der Waals surface area contributed by atoms with Crippen LogP contribution in [0.1, 0.15) is 0 Å². The second kappa shape index (κ2) is 4.85. The Morgan fingerprint density at radius 3 is 2.84 bits per heavy atom. The van der Waals surface area contributed by atoms with Crippen molar-refractivity contribution >= 4 is 32.5 Å². The predicted octanol–water partition coefficient (Wildman–Crippen LogP) is 3.77. The van der Waals surface area contributed by atoms with E-state index in [4.69, 9.17) is 10.5 Å². The summed E-state index contributed by atoms with van der Waals surface area (Å²) < 4.78 is 6.71. The predicted molar refractivity (Wildman–Crippen MR) is 78.2 cm³/mol. The highest BCUT2D eigenvalue weighted by Gasteiger charge is 2.05. The van der Waals surface area contributed by atoms with Crippen molar-refractivity contribution in [2.24, 2.45) is 0 Å². The van der Waals surface area contributed by atoms with Gasteiger partial charge in [-0.1, -0.05) is 0 Å². The quantitative estimate of drug-likeness (QED) is 0.731. The van der Waals surface area contributed by atoms with Gasteiger partial charge in [0.05, 0.1) is 11.7 Å². The Morgan fingerprint density at radius 2 is 2.00 bits per heavy atom. The van der Waals surface area contributed by atoms with Gasteiger partial charge in [0.25, 0.3) is 0 Å². The van der Waals surface area contributed by atoms with Crippen LogP contribution in [-0.4, -0.2) is 9.97 Å². The number of hydrogen-bond acceptors (Lipinski definition) is 4. The maximum Gasteiger partial charge on any atom is 0.146 e. The van der Waals surface area contributed by atoms with Crippen molar-refractivity contribution in [1.29, 1.82) is 0 Å². The van der Waals surface area contributed by atoms with Crippen molar-refractivity contribution in [2.45, 2.75) is 0 Å². The van der Waals surface area contributed by atoms with Gasteiger partial charge in [-0.15, -0.1) is 0 Å². The van der Waals surface area contributed by atoms with E-state index in [-0.39, 0.29) is 0 Å². The number of rotatable bonds is 2. The Kier molecular flexibility index (Phi) is 3.05. The van der Waals surface area contributed by atoms with Gasteiger partial charge in [0, 0.05) is 27.9 Å². The number of fused-ring (bicyclic) bond motifs is 1. The molecule has 0 saturated heterocycles. The fraction of sp³-hybridized carbons (Fsp3) is 0. The van der Waals surface area contributed by atoms with Crippen molar-refractivity contribution in [2.75, 3.05) is 5.73 Å². The maximum absolute atomic E-state index is 5.84. The van der Waals surface area contributed by atoms with Gasteiger partial charge >= 0.3 is 0 Å². The molecule has 0 aliphatic carbocycles. The summed E-state index contributed by atoms with van der Waals surface area (Å²) in [4.78, 5) is 8.34. The Balaban J connectivity index is 2.06. The molecule has 0 amide bonds. The molecule has 0 unspecified atom stereocenters. The average molecular weight is 316 g/mol. The Labute approximate surface area is 118 Å². The lowest BCUT2D eigenvalue weighted by Gasteiger charge is -2.08. The van der Waals surface area contributed by atoms with Crippen molar-refractivity contribution in [3.05, 3.63) is 53.4 Å². The summed E-state index contributed by atoms with van der Waals surface area (Å²) in [7, 11) is 0. The molecule has 0 aliphatic heterocycles. The molecule has 2 heterocycles. The first-order valence-electron chi connectivity index (χ1n) is 5.65. The number of pyridine rings is 2. The molecule has 0 aliphatic rings. The molecule has 0 bridgehead atoms. The third-order valence-corrected chi connectivity index (χ3v) is 3.07. The summed E-state index contributed by atoms with van der Waals surface area (Å²) in [6.45, 7) is 0. The molecular formula is C14H10BrN3O. The number of hydrogen-bond donors (Lipinski definition) is 1. The minimum atomic E-state index is 0.665. The molecule has 2 aromatic heterocycles. The third kappa shape index (κ3) is 2.51. The van der Waals surface area contributed by atoms with Crippen LogP contribution >= 0.6 is 15.9 Å². The zero-order chi connectivity index (χ0) is 13.2. The van der Waals surface area contributed by atoms with Crippen LogP contribution in [0.25, 0.3) is 10.9 Å². The second-order valence-electron chi connectivity index (χ2n) is 4.03. The van der Waals surface area contributed by atoms with Crippen molar-refractivity contribution in [3.63, 3.8) is 0 Å². The summed E-state index contributed by atoms with van der Waals surface area (Å²) in [5.74, 6) is 1.39. The maximum atomic E-state index is 5.84. The molecular weight excluding hydrogens is 306 g/mol. The molecule has 3 aromatic rings. The number of ether oxygens (including phenoxy) is 1. The zero-order valence-corrected chi connectivity index (χ0v) is 11.5. The van der Waals surface area contributed by atoms with E-state index in [2.05, 4.69) is 25.9 Å². The van der Waals surface area contributed by atoms with Gasteiger partial charge in [-0.25, -0.2) is 0 Å². The molecule has 0 radical (unpaired) electrons. The lowest BCUT2D eigenvalue weighted by Crippen LogP contribution is -1.90. The first-order valence-corrected chi connectivity index (χ1v) is 6.44. The third-order valence-electron chi connectivity index (χ3n) is 2.63. The summed E-state index contributed by atoms with van der Waals surface area (Å²) >= 11 is 3.36. The number of aromatic nitrogens is 2. The minimum absolute atomic E-state index is 0.665. The highest BCUT2D eigenvalue weighted by atomic mass is 79.9. The van der Waals surface area contributed by atoms with Crippen LogP contribution < -0.4 is 10.5 Å². The molecule has 2 N–H and O–H groups in total. The first kappa shape index (κ1) is 11.9. The standard InChI is InChI=1S/C14H10BrN3O/c15-9-5-11(8-17-7-9)19-14-3-4-18-13-6-10(16)1-2-12(13)14/h1-8H,16H2. The zero-order valence-electron chi connectivity index (χ0n) is 9.88. The second-order valence-corrected chi connectivity index (χ2v) is 4.94. The van der Waals surface area contributed by atoms with Crippen molar-refractivity contribution in [1.82, 2.24) is 9.97 Å². The normalized spacial score (nSPS) is 10.6. The summed E-state index contributed by atoms with van der Waals surface area (Å²) in [5, 5.41) is 0.914. The van der Waals surface area contributed by atoms with E-state index in [0.29, 0.717) is 11.4 Å².